The fraction of sp³-hybridized carbons (Fsp3) is 0.547. The zero-order valence-corrected chi connectivity index (χ0v) is 56.6. The van der Waals surface area contributed by atoms with Crippen molar-refractivity contribution >= 4 is 39.1 Å². The topological polar surface area (TPSA) is 117 Å². The maximum absolute atomic E-state index is 14.0. The minimum atomic E-state index is 0.0543. The SMILES string of the molecule is CCCCCc1ccc(C(=O)N(Cc2ccc(Br)cc2)C2CCN(CCC(C)C)CC2)nc1.CCCCCc1ccc(C(=O)N(Cc2ccc(N3CCC(c4ccncc4)CC3)cc2)C2CCN(CCC(C)C)CC2)nc1.c1cc(N2CCNCC2)ccn1. The molecule has 14 heteroatoms. The molecule has 0 spiro atoms. The number of anilines is 2. The second-order valence-electron chi connectivity index (χ2n) is 26.2. The predicted octanol–water partition coefficient (Wildman–Crippen LogP) is 15.0. The molecule has 13 nitrogen and oxygen atoms in total. The number of nitrogens with zero attached hydrogens (tertiary/aromatic N) is 10. The first kappa shape index (κ1) is 68.8. The molecule has 4 aliphatic heterocycles. The predicted molar refractivity (Wildman–Crippen MR) is 371 cm³/mol. The molecular formula is C75H106BrN11O2. The van der Waals surface area contributed by atoms with Crippen LogP contribution in [0.25, 0.3) is 0 Å². The van der Waals surface area contributed by atoms with Crippen LogP contribution in [0.5, 0.6) is 0 Å². The molecule has 4 aromatic heterocycles. The number of rotatable bonds is 25. The van der Waals surface area contributed by atoms with E-state index >= 15 is 0 Å². The van der Waals surface area contributed by atoms with E-state index in [0.717, 1.165) is 152 Å². The van der Waals surface area contributed by atoms with Gasteiger partial charge in [-0.3, -0.25) is 29.5 Å². The number of hydrogen-bond donors (Lipinski definition) is 1. The maximum Gasteiger partial charge on any atom is 0.272 e. The standard InChI is InChI=1S/C38H53N5O.C28H40BrN3O.C9H13N3/c1-4-5-6-7-31-10-13-37(40-28-31)38(44)43(36-19-24-41(25-20-36)23-16-30(2)3)29-32-8-11-35(12-9-32)42-26-17-34(18-27-42)33-14-21-39-22-15-33;1-4-5-6-7-23-10-13-27(30-20-23)28(33)32(21-24-8-11-25(29)12-9-24)26-15-18-31(19-16-26)17-14-22(2)3;1-3-10-4-2-9(1)12-7-5-11-6-8-12/h8-15,21-22,28,30,34,36H,4-7,16-20,23-27,29H2,1-3H3;8-13,20,22,26H,4-7,14-19,21H2,1-3H3;1-4,11H,5-8H2. The Morgan fingerprint density at radius 1 is 0.506 bits per heavy atom. The highest BCUT2D eigenvalue weighted by atomic mass is 79.9. The summed E-state index contributed by atoms with van der Waals surface area (Å²) >= 11 is 3.52. The average Bonchev–Trinajstić information content (AvgIpc) is 3.77. The van der Waals surface area contributed by atoms with Gasteiger partial charge in [0.2, 0.25) is 0 Å². The van der Waals surface area contributed by atoms with Crippen LogP contribution >= 0.6 is 15.9 Å². The fourth-order valence-corrected chi connectivity index (χ4v) is 13.0. The molecule has 480 valence electrons. The smallest absolute Gasteiger partial charge is 0.272 e. The number of halogens is 1. The summed E-state index contributed by atoms with van der Waals surface area (Å²) in [7, 11) is 0. The van der Waals surface area contributed by atoms with Gasteiger partial charge < -0.3 is 34.7 Å². The van der Waals surface area contributed by atoms with Crippen molar-refractivity contribution in [2.45, 2.75) is 175 Å². The van der Waals surface area contributed by atoms with Gasteiger partial charge in [0.15, 0.2) is 0 Å². The van der Waals surface area contributed by atoms with Gasteiger partial charge in [-0.05, 0) is 196 Å². The summed E-state index contributed by atoms with van der Waals surface area (Å²) < 4.78 is 1.06. The Morgan fingerprint density at radius 2 is 0.921 bits per heavy atom. The van der Waals surface area contributed by atoms with E-state index in [9.17, 15) is 9.59 Å². The minimum Gasteiger partial charge on any atom is -0.371 e. The van der Waals surface area contributed by atoms with E-state index in [1.807, 2.05) is 49.3 Å². The van der Waals surface area contributed by atoms with Gasteiger partial charge >= 0.3 is 0 Å². The van der Waals surface area contributed by atoms with Crippen LogP contribution in [0.15, 0.2) is 139 Å². The van der Waals surface area contributed by atoms with Crippen LogP contribution in [0.4, 0.5) is 11.4 Å². The van der Waals surface area contributed by atoms with Gasteiger partial charge in [0, 0.05) is 144 Å². The zero-order valence-electron chi connectivity index (χ0n) is 55.0. The molecule has 2 aromatic carbocycles. The summed E-state index contributed by atoms with van der Waals surface area (Å²) in [5, 5.41) is 3.33. The van der Waals surface area contributed by atoms with E-state index < -0.39 is 0 Å². The number of unbranched alkanes of at least 4 members (excludes halogenated alkanes) is 4. The van der Waals surface area contributed by atoms with Crippen molar-refractivity contribution in [2.24, 2.45) is 11.8 Å². The van der Waals surface area contributed by atoms with E-state index in [2.05, 4.69) is 197 Å². The van der Waals surface area contributed by atoms with E-state index in [1.54, 1.807) is 0 Å². The lowest BCUT2D eigenvalue weighted by molar-refractivity contribution is 0.0534. The summed E-state index contributed by atoms with van der Waals surface area (Å²) in [6.07, 6.45) is 29.5. The number of piperidine rings is 3. The zero-order chi connectivity index (χ0) is 62.6. The highest BCUT2D eigenvalue weighted by Gasteiger charge is 2.32. The number of pyridine rings is 4. The van der Waals surface area contributed by atoms with Crippen molar-refractivity contribution in [3.8, 4) is 0 Å². The largest absolute Gasteiger partial charge is 0.371 e. The Bertz CT molecular complexity index is 2900. The molecule has 4 aliphatic rings. The van der Waals surface area contributed by atoms with Gasteiger partial charge in [-0.25, -0.2) is 0 Å². The van der Waals surface area contributed by atoms with E-state index in [-0.39, 0.29) is 23.9 Å². The first-order valence-electron chi connectivity index (χ1n) is 34.2. The lowest BCUT2D eigenvalue weighted by Gasteiger charge is -2.39. The van der Waals surface area contributed by atoms with E-state index in [0.29, 0.717) is 30.4 Å². The molecule has 0 aliphatic carbocycles. The first-order chi connectivity index (χ1) is 43.4. The summed E-state index contributed by atoms with van der Waals surface area (Å²) in [6, 6.07) is 34.3. The Morgan fingerprint density at radius 3 is 1.35 bits per heavy atom. The Hall–Kier alpha value is -6.06. The molecule has 0 atom stereocenters. The molecule has 0 unspecified atom stereocenters. The van der Waals surface area contributed by atoms with Crippen LogP contribution in [-0.2, 0) is 25.9 Å². The molecule has 89 heavy (non-hydrogen) atoms. The van der Waals surface area contributed by atoms with Crippen molar-refractivity contribution in [3.05, 3.63) is 178 Å². The van der Waals surface area contributed by atoms with Gasteiger partial charge in [-0.2, -0.15) is 0 Å². The lowest BCUT2D eigenvalue weighted by Crippen LogP contribution is -2.47. The maximum atomic E-state index is 14.0. The minimum absolute atomic E-state index is 0.0543. The Kier molecular flexibility index (Phi) is 28.9. The quantitative estimate of drug-likeness (QED) is 0.0552. The third kappa shape index (κ3) is 22.7. The van der Waals surface area contributed by atoms with E-state index in [1.165, 1.54) is 85.0 Å². The molecule has 0 radical (unpaired) electrons. The highest BCUT2D eigenvalue weighted by molar-refractivity contribution is 9.10. The molecule has 6 aromatic rings. The van der Waals surface area contributed by atoms with Gasteiger partial charge in [-0.1, -0.05) is 120 Å². The summed E-state index contributed by atoms with van der Waals surface area (Å²) in [4.78, 5) is 59.3. The van der Waals surface area contributed by atoms with Crippen LogP contribution in [0.3, 0.4) is 0 Å². The number of amides is 2. The number of benzene rings is 2. The molecule has 0 bridgehead atoms. The molecule has 4 fully saturated rings. The van der Waals surface area contributed by atoms with Gasteiger partial charge in [0.25, 0.3) is 11.8 Å². The van der Waals surface area contributed by atoms with Gasteiger partial charge in [-0.15, -0.1) is 0 Å². The van der Waals surface area contributed by atoms with Crippen molar-refractivity contribution in [1.29, 1.82) is 0 Å². The number of likely N-dealkylation sites (tertiary alicyclic amines) is 2. The first-order valence-corrected chi connectivity index (χ1v) is 35.0. The van der Waals surface area contributed by atoms with Crippen LogP contribution in [-0.4, -0.2) is 142 Å². The second-order valence-corrected chi connectivity index (χ2v) is 27.1. The van der Waals surface area contributed by atoms with Crippen molar-refractivity contribution in [3.63, 3.8) is 0 Å². The van der Waals surface area contributed by atoms with Crippen LogP contribution in [0.2, 0.25) is 0 Å². The summed E-state index contributed by atoms with van der Waals surface area (Å²) in [6.45, 7) is 27.9. The number of carbonyl (C=O) groups is 2. The van der Waals surface area contributed by atoms with Crippen molar-refractivity contribution in [2.75, 3.05) is 88.3 Å². The summed E-state index contributed by atoms with van der Waals surface area (Å²) in [5.74, 6) is 2.18. The molecule has 1 N–H and O–H groups in total. The third-order valence-corrected chi connectivity index (χ3v) is 19.1. The number of aryl methyl sites for hydroxylation is 2. The van der Waals surface area contributed by atoms with Crippen LogP contribution < -0.4 is 15.1 Å². The van der Waals surface area contributed by atoms with Crippen LogP contribution in [0, 0.1) is 11.8 Å². The fourth-order valence-electron chi connectivity index (χ4n) is 12.8. The molecule has 0 saturated carbocycles. The monoisotopic (exact) mass is 1270 g/mol. The highest BCUT2D eigenvalue weighted by Crippen LogP contribution is 2.32. The van der Waals surface area contributed by atoms with Gasteiger partial charge in [0.1, 0.15) is 11.4 Å². The number of nitrogens with one attached hydrogen (secondary N) is 1. The van der Waals surface area contributed by atoms with Crippen molar-refractivity contribution < 1.29 is 9.59 Å². The normalized spacial score (nSPS) is 16.4. The number of carbonyl (C=O) groups excluding carboxylic acids is 2. The van der Waals surface area contributed by atoms with Gasteiger partial charge in [0.05, 0.1) is 0 Å². The van der Waals surface area contributed by atoms with Crippen molar-refractivity contribution in [1.82, 2.24) is 44.9 Å². The molecule has 2 amide bonds. The molecular weight excluding hydrogens is 1170 g/mol. The molecule has 10 rings (SSSR count). The molecule has 4 saturated heterocycles. The summed E-state index contributed by atoms with van der Waals surface area (Å²) in [5.41, 5.74) is 9.89. The average molecular weight is 1270 g/mol. The second kappa shape index (κ2) is 37.3. The Labute approximate surface area is 544 Å². The van der Waals surface area contributed by atoms with E-state index in [4.69, 9.17) is 0 Å². The number of aromatic nitrogens is 4. The number of hydrogen-bond acceptors (Lipinski definition) is 11. The van der Waals surface area contributed by atoms with Crippen LogP contribution in [0.1, 0.15) is 186 Å². The molecule has 8 heterocycles. The lowest BCUT2D eigenvalue weighted by atomic mass is 9.90. The number of piperazine rings is 1. The third-order valence-electron chi connectivity index (χ3n) is 18.5. The Balaban J connectivity index is 0.000000198.